The second-order valence-corrected chi connectivity index (χ2v) is 15.9. The maximum atomic E-state index is 11.6. The average Bonchev–Trinajstić information content (AvgIpc) is 3.09. The molecule has 2 aromatic rings. The molecule has 30 heavy (non-hydrogen) atoms. The number of nitrogens with zero attached hydrogens (tertiary/aromatic N) is 2. The van der Waals surface area contributed by atoms with E-state index >= 15 is 0 Å². The fraction of sp³-hybridized carbons (Fsp3) is 0.680. The van der Waals surface area contributed by atoms with E-state index in [0.717, 1.165) is 23.9 Å². The summed E-state index contributed by atoms with van der Waals surface area (Å²) in [4.78, 5) is 2.36. The summed E-state index contributed by atoms with van der Waals surface area (Å²) in [5.41, 5.74) is 4.00. The van der Waals surface area contributed by atoms with Crippen molar-refractivity contribution < 1.29 is 9.84 Å². The van der Waals surface area contributed by atoms with Crippen molar-refractivity contribution in [1.29, 1.82) is 0 Å². The van der Waals surface area contributed by atoms with Gasteiger partial charge >= 0.3 is 0 Å². The Bertz CT molecular complexity index is 838. The van der Waals surface area contributed by atoms with E-state index in [1.165, 1.54) is 5.52 Å². The molecule has 0 radical (unpaired) electrons. The highest BCUT2D eigenvalue weighted by Crippen LogP contribution is 2.45. The van der Waals surface area contributed by atoms with E-state index in [0.29, 0.717) is 35.8 Å². The van der Waals surface area contributed by atoms with Crippen LogP contribution < -0.4 is 0 Å². The third-order valence-electron chi connectivity index (χ3n) is 7.46. The van der Waals surface area contributed by atoms with Gasteiger partial charge in [-0.2, -0.15) is 0 Å². The average molecular weight is 431 g/mol. The lowest BCUT2D eigenvalue weighted by Gasteiger charge is -2.45. The van der Waals surface area contributed by atoms with Crippen LogP contribution in [0.25, 0.3) is 10.9 Å². The standard InChI is InChI=1S/C25H42N2O2Si/c1-9-14-26-17-25(28,29-16-21(26)8)23-11-10-12-24-22(23)13-15-27(24)30(18(2)3,19(4)5)20(6)7/h10-13,15,18-21,28H,9,14,16-17H2,1-8H3/t21-,25?/m0/s1. The lowest BCUT2D eigenvalue weighted by atomic mass is 9.98. The second-order valence-electron chi connectivity index (χ2n) is 10.2. The van der Waals surface area contributed by atoms with E-state index < -0.39 is 14.0 Å². The summed E-state index contributed by atoms with van der Waals surface area (Å²) in [7, 11) is -1.87. The predicted molar refractivity (Wildman–Crippen MR) is 130 cm³/mol. The summed E-state index contributed by atoms with van der Waals surface area (Å²) in [6.07, 6.45) is 3.37. The molecular formula is C25H42N2O2Si. The third kappa shape index (κ3) is 3.68. The van der Waals surface area contributed by atoms with Crippen molar-refractivity contribution >= 4 is 19.1 Å². The zero-order valence-corrected chi connectivity index (χ0v) is 21.3. The van der Waals surface area contributed by atoms with E-state index in [-0.39, 0.29) is 0 Å². The fourth-order valence-corrected chi connectivity index (χ4v) is 12.9. The maximum Gasteiger partial charge on any atom is 0.206 e. The number of aromatic nitrogens is 1. The summed E-state index contributed by atoms with van der Waals surface area (Å²) >= 11 is 0. The Balaban J connectivity index is 2.14. The van der Waals surface area contributed by atoms with Crippen LogP contribution in [0.15, 0.2) is 30.5 Å². The molecule has 0 saturated carbocycles. The molecule has 5 heteroatoms. The van der Waals surface area contributed by atoms with Crippen molar-refractivity contribution in [2.75, 3.05) is 19.7 Å². The summed E-state index contributed by atoms with van der Waals surface area (Å²) in [5.74, 6) is -1.26. The number of fused-ring (bicyclic) bond motifs is 1. The van der Waals surface area contributed by atoms with Gasteiger partial charge < -0.3 is 14.1 Å². The lowest BCUT2D eigenvalue weighted by Crippen LogP contribution is -2.54. The molecule has 0 aliphatic carbocycles. The molecule has 4 nitrogen and oxygen atoms in total. The van der Waals surface area contributed by atoms with Crippen molar-refractivity contribution in [2.24, 2.45) is 0 Å². The third-order valence-corrected chi connectivity index (χ3v) is 14.2. The van der Waals surface area contributed by atoms with Crippen LogP contribution in [-0.2, 0) is 10.5 Å². The van der Waals surface area contributed by atoms with E-state index in [1.807, 2.05) is 0 Å². The number of hydrogen-bond donors (Lipinski definition) is 1. The van der Waals surface area contributed by atoms with E-state index in [1.54, 1.807) is 0 Å². The molecule has 1 N–H and O–H groups in total. The molecule has 0 amide bonds. The van der Waals surface area contributed by atoms with Gasteiger partial charge in [0.2, 0.25) is 5.79 Å². The second kappa shape index (κ2) is 8.77. The SMILES string of the molecule is CCCN1CC(O)(c2cccc3c2ccn3[Si](C(C)C)(C(C)C)C(C)C)OC[C@@H]1C. The molecule has 1 saturated heterocycles. The molecule has 168 valence electrons. The molecule has 2 heterocycles. The molecule has 1 fully saturated rings. The number of morpholine rings is 1. The van der Waals surface area contributed by atoms with Crippen molar-refractivity contribution in [1.82, 2.24) is 9.13 Å². The molecule has 3 rings (SSSR count). The Morgan fingerprint density at radius 1 is 1.10 bits per heavy atom. The Morgan fingerprint density at radius 2 is 1.73 bits per heavy atom. The molecule has 1 aliphatic heterocycles. The Kier molecular flexibility index (Phi) is 6.88. The highest BCUT2D eigenvalue weighted by molar-refractivity contribution is 6.82. The van der Waals surface area contributed by atoms with Crippen LogP contribution in [0.4, 0.5) is 0 Å². The molecule has 1 aliphatic rings. The minimum absolute atomic E-state index is 0.330. The van der Waals surface area contributed by atoms with Crippen molar-refractivity contribution in [3.63, 3.8) is 0 Å². The summed E-state index contributed by atoms with van der Waals surface area (Å²) in [6, 6.07) is 8.92. The van der Waals surface area contributed by atoms with Gasteiger partial charge in [0.25, 0.3) is 0 Å². The maximum absolute atomic E-state index is 11.6. The number of benzene rings is 1. The molecule has 0 spiro atoms. The zero-order chi connectivity index (χ0) is 22.3. The minimum Gasteiger partial charge on any atom is -0.373 e. The van der Waals surface area contributed by atoms with Crippen molar-refractivity contribution in [2.45, 2.75) is 90.3 Å². The molecular weight excluding hydrogens is 388 g/mol. The highest BCUT2D eigenvalue weighted by atomic mass is 28.3. The van der Waals surface area contributed by atoms with Crippen LogP contribution >= 0.6 is 0 Å². The minimum atomic E-state index is -1.87. The fourth-order valence-electron chi connectivity index (χ4n) is 6.27. The topological polar surface area (TPSA) is 37.6 Å². The van der Waals surface area contributed by atoms with Gasteiger partial charge in [0.05, 0.1) is 13.2 Å². The Labute approximate surface area is 184 Å². The van der Waals surface area contributed by atoms with E-state index in [9.17, 15) is 5.11 Å². The molecule has 1 aromatic heterocycles. The molecule has 1 aromatic carbocycles. The first-order chi connectivity index (χ1) is 14.1. The first kappa shape index (κ1) is 23.5. The van der Waals surface area contributed by atoms with E-state index in [4.69, 9.17) is 4.74 Å². The first-order valence-electron chi connectivity index (χ1n) is 11.8. The van der Waals surface area contributed by atoms with Crippen molar-refractivity contribution in [3.05, 3.63) is 36.0 Å². The Hall–Kier alpha value is -1.14. The van der Waals surface area contributed by atoms with Gasteiger partial charge in [0, 0.05) is 22.5 Å². The van der Waals surface area contributed by atoms with Crippen LogP contribution in [0, 0.1) is 0 Å². The smallest absolute Gasteiger partial charge is 0.206 e. The van der Waals surface area contributed by atoms with Gasteiger partial charge in [-0.1, -0.05) is 60.6 Å². The lowest BCUT2D eigenvalue weighted by molar-refractivity contribution is -0.258. The number of hydrogen-bond acceptors (Lipinski definition) is 3. The number of β-amino-alcohol motifs (C(OH)–C–C–N with tert-alkyl or cyclic N) is 1. The van der Waals surface area contributed by atoms with Gasteiger partial charge in [0.1, 0.15) is 0 Å². The quantitative estimate of drug-likeness (QED) is 0.552. The van der Waals surface area contributed by atoms with Crippen LogP contribution in [0.3, 0.4) is 0 Å². The van der Waals surface area contributed by atoms with Crippen molar-refractivity contribution in [3.8, 4) is 0 Å². The number of ether oxygens (including phenoxy) is 1. The summed E-state index contributed by atoms with van der Waals surface area (Å²) in [6.45, 7) is 20.8. The van der Waals surface area contributed by atoms with Gasteiger partial charge in [-0.05, 0) is 54.8 Å². The number of aliphatic hydroxyl groups is 1. The van der Waals surface area contributed by atoms with E-state index in [2.05, 4.69) is 95.0 Å². The Morgan fingerprint density at radius 3 is 2.30 bits per heavy atom. The first-order valence-corrected chi connectivity index (χ1v) is 14.0. The molecule has 0 bridgehead atoms. The zero-order valence-electron chi connectivity index (χ0n) is 20.3. The van der Waals surface area contributed by atoms with Crippen LogP contribution in [0.1, 0.15) is 67.4 Å². The van der Waals surface area contributed by atoms with Crippen LogP contribution in [-0.4, -0.2) is 48.2 Å². The van der Waals surface area contributed by atoms with Gasteiger partial charge in [-0.25, -0.2) is 0 Å². The summed E-state index contributed by atoms with van der Waals surface area (Å²) < 4.78 is 8.72. The van der Waals surface area contributed by atoms with Crippen LogP contribution in [0.2, 0.25) is 16.6 Å². The van der Waals surface area contributed by atoms with Gasteiger partial charge in [0.15, 0.2) is 8.24 Å². The van der Waals surface area contributed by atoms with Gasteiger partial charge in [-0.15, -0.1) is 0 Å². The monoisotopic (exact) mass is 430 g/mol. The predicted octanol–water partition coefficient (Wildman–Crippen LogP) is 5.94. The molecule has 2 atom stereocenters. The highest BCUT2D eigenvalue weighted by Gasteiger charge is 2.46. The van der Waals surface area contributed by atoms with Gasteiger partial charge in [-0.3, -0.25) is 4.90 Å². The normalized spacial score (nSPS) is 23.9. The van der Waals surface area contributed by atoms with Crippen LogP contribution in [0.5, 0.6) is 0 Å². The summed E-state index contributed by atoms with van der Waals surface area (Å²) in [5, 5.41) is 12.8. The largest absolute Gasteiger partial charge is 0.373 e. The molecule has 1 unspecified atom stereocenters. The number of rotatable bonds is 7.